The minimum Gasteiger partial charge on any atom is -0.355 e. The van der Waals surface area contributed by atoms with Gasteiger partial charge in [-0.25, -0.2) is 4.39 Å². The number of piperidine rings is 1. The number of benzene rings is 1. The summed E-state index contributed by atoms with van der Waals surface area (Å²) < 4.78 is 12.9. The minimum atomic E-state index is -0.348. The lowest BCUT2D eigenvalue weighted by molar-refractivity contribution is -0.126. The van der Waals surface area contributed by atoms with Gasteiger partial charge < -0.3 is 10.2 Å². The molecule has 24 heavy (non-hydrogen) atoms. The largest absolute Gasteiger partial charge is 0.355 e. The fraction of sp³-hybridized carbons (Fsp3) is 0.556. The second kappa shape index (κ2) is 9.67. The van der Waals surface area contributed by atoms with Crippen LogP contribution in [0.3, 0.4) is 0 Å². The molecule has 6 heteroatoms. The van der Waals surface area contributed by atoms with Gasteiger partial charge in [0.2, 0.25) is 5.91 Å². The number of likely N-dealkylation sites (tertiary alicyclic amines) is 1. The zero-order valence-electron chi connectivity index (χ0n) is 14.1. The van der Waals surface area contributed by atoms with Crippen LogP contribution in [-0.2, 0) is 4.79 Å². The number of hydrogen-bond acceptors (Lipinski definition) is 3. The first-order valence-electron chi connectivity index (χ1n) is 8.52. The molecule has 1 heterocycles. The fourth-order valence-electron chi connectivity index (χ4n) is 2.76. The van der Waals surface area contributed by atoms with Crippen molar-refractivity contribution in [3.05, 3.63) is 35.6 Å². The molecule has 1 N–H and O–H groups in total. The van der Waals surface area contributed by atoms with E-state index in [1.165, 1.54) is 24.3 Å². The Morgan fingerprint density at radius 1 is 1.21 bits per heavy atom. The maximum Gasteiger partial charge on any atom is 0.253 e. The van der Waals surface area contributed by atoms with Crippen LogP contribution in [0.5, 0.6) is 0 Å². The van der Waals surface area contributed by atoms with Crippen molar-refractivity contribution in [1.82, 2.24) is 10.2 Å². The summed E-state index contributed by atoms with van der Waals surface area (Å²) in [6.07, 6.45) is 2.51. The van der Waals surface area contributed by atoms with E-state index in [1.807, 2.05) is 11.8 Å². The molecule has 1 saturated heterocycles. The van der Waals surface area contributed by atoms with E-state index in [1.54, 1.807) is 4.90 Å². The van der Waals surface area contributed by atoms with Crippen molar-refractivity contribution in [2.75, 3.05) is 31.1 Å². The Labute approximate surface area is 147 Å². The third kappa shape index (κ3) is 5.51. The molecule has 0 aliphatic carbocycles. The van der Waals surface area contributed by atoms with Gasteiger partial charge in [0.05, 0.1) is 0 Å². The Balaban J connectivity index is 1.73. The molecule has 0 spiro atoms. The molecule has 0 atom stereocenters. The number of thioether (sulfide) groups is 1. The number of hydrogen-bond donors (Lipinski definition) is 1. The van der Waals surface area contributed by atoms with Crippen LogP contribution in [0, 0.1) is 11.7 Å². The quantitative estimate of drug-likeness (QED) is 0.768. The van der Waals surface area contributed by atoms with E-state index in [0.29, 0.717) is 38.0 Å². The smallest absolute Gasteiger partial charge is 0.253 e. The summed E-state index contributed by atoms with van der Waals surface area (Å²) in [6.45, 7) is 3.99. The molecule has 0 radical (unpaired) electrons. The zero-order chi connectivity index (χ0) is 17.4. The fourth-order valence-corrected chi connectivity index (χ4v) is 3.50. The molecule has 2 amide bonds. The summed E-state index contributed by atoms with van der Waals surface area (Å²) in [5.74, 6) is 1.71. The Kier molecular flexibility index (Phi) is 7.56. The lowest BCUT2D eigenvalue weighted by Gasteiger charge is -2.31. The van der Waals surface area contributed by atoms with Crippen molar-refractivity contribution < 1.29 is 14.0 Å². The predicted molar refractivity (Wildman–Crippen MR) is 95.7 cm³/mol. The van der Waals surface area contributed by atoms with Gasteiger partial charge in [-0.3, -0.25) is 9.59 Å². The van der Waals surface area contributed by atoms with E-state index in [2.05, 4.69) is 12.2 Å². The summed E-state index contributed by atoms with van der Waals surface area (Å²) in [6, 6.07) is 5.60. The van der Waals surface area contributed by atoms with E-state index in [0.717, 1.165) is 17.9 Å². The molecule has 132 valence electrons. The van der Waals surface area contributed by atoms with Gasteiger partial charge in [0, 0.05) is 36.9 Å². The van der Waals surface area contributed by atoms with Crippen LogP contribution in [0.2, 0.25) is 0 Å². The second-order valence-electron chi connectivity index (χ2n) is 5.98. The molecule has 2 rings (SSSR count). The van der Waals surface area contributed by atoms with Gasteiger partial charge >= 0.3 is 0 Å². The average Bonchev–Trinajstić information content (AvgIpc) is 2.61. The molecular weight excluding hydrogens is 327 g/mol. The highest BCUT2D eigenvalue weighted by Gasteiger charge is 2.27. The number of nitrogens with one attached hydrogen (secondary N) is 1. The first kappa shape index (κ1) is 18.8. The lowest BCUT2D eigenvalue weighted by Crippen LogP contribution is -2.43. The lowest BCUT2D eigenvalue weighted by atomic mass is 9.95. The summed E-state index contributed by atoms with van der Waals surface area (Å²) >= 11 is 1.85. The van der Waals surface area contributed by atoms with Gasteiger partial charge in [0.15, 0.2) is 0 Å². The molecule has 0 aromatic heterocycles. The van der Waals surface area contributed by atoms with E-state index in [9.17, 15) is 14.0 Å². The minimum absolute atomic E-state index is 0.0153. The van der Waals surface area contributed by atoms with E-state index >= 15 is 0 Å². The summed E-state index contributed by atoms with van der Waals surface area (Å²) in [4.78, 5) is 26.3. The van der Waals surface area contributed by atoms with Crippen molar-refractivity contribution in [2.45, 2.75) is 26.2 Å². The van der Waals surface area contributed by atoms with Crippen LogP contribution in [0.1, 0.15) is 36.5 Å². The van der Waals surface area contributed by atoms with E-state index < -0.39 is 0 Å². The number of halogens is 1. The Morgan fingerprint density at radius 2 is 1.88 bits per heavy atom. The van der Waals surface area contributed by atoms with Crippen LogP contribution < -0.4 is 5.32 Å². The summed E-state index contributed by atoms with van der Waals surface area (Å²) in [5, 5.41) is 2.99. The van der Waals surface area contributed by atoms with Crippen LogP contribution >= 0.6 is 11.8 Å². The maximum atomic E-state index is 12.9. The van der Waals surface area contributed by atoms with Gasteiger partial charge in [-0.15, -0.1) is 0 Å². The first-order chi connectivity index (χ1) is 11.6. The van der Waals surface area contributed by atoms with Crippen LogP contribution in [0.4, 0.5) is 4.39 Å². The Bertz CT molecular complexity index is 542. The van der Waals surface area contributed by atoms with Gasteiger partial charge in [0.25, 0.3) is 5.91 Å². The number of carbonyl (C=O) groups is 2. The van der Waals surface area contributed by atoms with Crippen molar-refractivity contribution in [1.29, 1.82) is 0 Å². The highest BCUT2D eigenvalue weighted by atomic mass is 32.2. The molecule has 1 aliphatic heterocycles. The van der Waals surface area contributed by atoms with Crippen molar-refractivity contribution in [3.8, 4) is 0 Å². The highest BCUT2D eigenvalue weighted by molar-refractivity contribution is 7.99. The van der Waals surface area contributed by atoms with Gasteiger partial charge in [-0.05, 0) is 49.3 Å². The van der Waals surface area contributed by atoms with Gasteiger partial charge in [0.1, 0.15) is 5.82 Å². The Morgan fingerprint density at radius 3 is 2.50 bits per heavy atom. The second-order valence-corrected chi connectivity index (χ2v) is 7.20. The first-order valence-corrected chi connectivity index (χ1v) is 9.67. The van der Waals surface area contributed by atoms with Crippen molar-refractivity contribution in [2.24, 2.45) is 5.92 Å². The van der Waals surface area contributed by atoms with Crippen LogP contribution in [0.15, 0.2) is 24.3 Å². The summed E-state index contributed by atoms with van der Waals surface area (Å²) in [7, 11) is 0. The summed E-state index contributed by atoms with van der Waals surface area (Å²) in [5.41, 5.74) is 0.493. The van der Waals surface area contributed by atoms with Crippen molar-refractivity contribution in [3.63, 3.8) is 0 Å². The van der Waals surface area contributed by atoms with Crippen molar-refractivity contribution >= 4 is 23.6 Å². The average molecular weight is 352 g/mol. The Hall–Kier alpha value is -1.56. The third-order valence-corrected chi connectivity index (χ3v) is 5.33. The van der Waals surface area contributed by atoms with Gasteiger partial charge in [-0.2, -0.15) is 11.8 Å². The third-order valence-electron chi connectivity index (χ3n) is 4.14. The zero-order valence-corrected chi connectivity index (χ0v) is 14.9. The number of carbonyl (C=O) groups excluding carboxylic acids is 2. The molecular formula is C18H25FN2O2S. The van der Waals surface area contributed by atoms with Crippen LogP contribution in [-0.4, -0.2) is 47.9 Å². The SMILES string of the molecule is CCCSCCNC(=O)C1CCN(C(=O)c2ccc(F)cc2)CC1. The molecule has 0 unspecified atom stereocenters. The molecule has 0 bridgehead atoms. The molecule has 1 aliphatic rings. The molecule has 1 aromatic carbocycles. The normalized spacial score (nSPS) is 15.3. The van der Waals surface area contributed by atoms with Gasteiger partial charge in [-0.1, -0.05) is 6.92 Å². The number of rotatable bonds is 7. The van der Waals surface area contributed by atoms with E-state index in [-0.39, 0.29) is 23.5 Å². The van der Waals surface area contributed by atoms with Crippen LogP contribution in [0.25, 0.3) is 0 Å². The van der Waals surface area contributed by atoms with E-state index in [4.69, 9.17) is 0 Å². The number of nitrogens with zero attached hydrogens (tertiary/aromatic N) is 1. The topological polar surface area (TPSA) is 49.4 Å². The maximum absolute atomic E-state index is 12.9. The predicted octanol–water partition coefficient (Wildman–Crippen LogP) is 2.94. The monoisotopic (exact) mass is 352 g/mol. The molecule has 4 nitrogen and oxygen atoms in total. The highest BCUT2D eigenvalue weighted by Crippen LogP contribution is 2.19. The molecule has 0 saturated carbocycles. The molecule has 1 aromatic rings. The standard InChI is InChI=1S/C18H25FN2O2S/c1-2-12-24-13-9-20-17(22)14-7-10-21(11-8-14)18(23)15-3-5-16(19)6-4-15/h3-6,14H,2,7-13H2,1H3,(H,20,22). The number of amides is 2. The molecule has 1 fully saturated rings.